The van der Waals surface area contributed by atoms with Crippen molar-refractivity contribution in [2.24, 2.45) is 0 Å². The Balaban J connectivity index is 1.24. The van der Waals surface area contributed by atoms with Gasteiger partial charge in [-0.15, -0.1) is 0 Å². The summed E-state index contributed by atoms with van der Waals surface area (Å²) in [6.07, 6.45) is 3.95. The van der Waals surface area contributed by atoms with Crippen LogP contribution < -0.4 is 0 Å². The van der Waals surface area contributed by atoms with Crippen LogP contribution in [0.3, 0.4) is 0 Å². The fourth-order valence-corrected chi connectivity index (χ4v) is 8.33. The summed E-state index contributed by atoms with van der Waals surface area (Å²) in [5, 5.41) is 12.7. The van der Waals surface area contributed by atoms with Crippen LogP contribution in [-0.4, -0.2) is 14.1 Å². The van der Waals surface area contributed by atoms with Crippen molar-refractivity contribution in [2.75, 3.05) is 0 Å². The van der Waals surface area contributed by atoms with Crippen LogP contribution in [0.4, 0.5) is 0 Å². The minimum Gasteiger partial charge on any atom is -0.309 e. The summed E-state index contributed by atoms with van der Waals surface area (Å²) in [5.74, 6) is 0. The van der Waals surface area contributed by atoms with Crippen LogP contribution in [0.2, 0.25) is 0 Å². The third kappa shape index (κ3) is 3.40. The van der Waals surface area contributed by atoms with Crippen molar-refractivity contribution < 1.29 is 0 Å². The van der Waals surface area contributed by atoms with Gasteiger partial charge in [-0.2, -0.15) is 0 Å². The zero-order valence-corrected chi connectivity index (χ0v) is 25.9. The first-order valence-electron chi connectivity index (χ1n) is 16.5. The maximum atomic E-state index is 4.64. The van der Waals surface area contributed by atoms with Gasteiger partial charge in [-0.05, 0) is 92.0 Å². The highest BCUT2D eigenvalue weighted by Gasteiger charge is 2.21. The number of aromatic nitrogens is 3. The number of hydrogen-bond donors (Lipinski definition) is 0. The van der Waals surface area contributed by atoms with E-state index in [1.807, 2.05) is 12.4 Å². The van der Waals surface area contributed by atoms with E-state index in [-0.39, 0.29) is 0 Å². The molecule has 0 fully saturated rings. The third-order valence-electron chi connectivity index (χ3n) is 10.3. The Bertz CT molecular complexity index is 3040. The van der Waals surface area contributed by atoms with Gasteiger partial charge < -0.3 is 9.13 Å². The van der Waals surface area contributed by atoms with Crippen molar-refractivity contribution in [1.29, 1.82) is 0 Å². The zero-order valence-electron chi connectivity index (χ0n) is 25.9. The van der Waals surface area contributed by atoms with E-state index < -0.39 is 0 Å². The van der Waals surface area contributed by atoms with Crippen LogP contribution in [0.25, 0.3) is 98.4 Å². The number of rotatable bonds is 3. The van der Waals surface area contributed by atoms with Crippen LogP contribution >= 0.6 is 0 Å². The number of fused-ring (bicyclic) bond motifs is 7. The van der Waals surface area contributed by atoms with Gasteiger partial charge in [0.2, 0.25) is 0 Å². The van der Waals surface area contributed by atoms with Crippen LogP contribution in [0.15, 0.2) is 164 Å². The fourth-order valence-electron chi connectivity index (χ4n) is 8.33. The molecule has 0 amide bonds. The molecule has 0 aliphatic heterocycles. The molecule has 3 nitrogen and oxygen atoms in total. The van der Waals surface area contributed by atoms with E-state index in [1.165, 1.54) is 81.5 Å². The monoisotopic (exact) mass is 609 g/mol. The summed E-state index contributed by atoms with van der Waals surface area (Å²) in [7, 11) is 0. The summed E-state index contributed by atoms with van der Waals surface area (Å²) in [6, 6.07) is 55.4. The second-order valence-corrected chi connectivity index (χ2v) is 12.8. The standard InChI is InChI=1S/C45H27N3/c1-3-9-28(10-4-1)33-19-15-29-16-21-37-44-30(17-20-35(33)43(29)44)25-41-45(37)36-23-24-46-27-42(36)48(41)32-18-22-40-38(26-32)34-13-7-8-14-39(34)47(40)31-11-5-2-6-12-31/h1-27H. The van der Waals surface area contributed by atoms with E-state index in [9.17, 15) is 0 Å². The van der Waals surface area contributed by atoms with Gasteiger partial charge >= 0.3 is 0 Å². The highest BCUT2D eigenvalue weighted by Crippen LogP contribution is 2.45. The minimum atomic E-state index is 1.11. The molecule has 0 spiro atoms. The predicted molar refractivity (Wildman–Crippen MR) is 202 cm³/mol. The Hall–Kier alpha value is -6.45. The molecule has 222 valence electrons. The number of nitrogens with zero attached hydrogens (tertiary/aromatic N) is 3. The lowest BCUT2D eigenvalue weighted by Gasteiger charge is -2.16. The summed E-state index contributed by atoms with van der Waals surface area (Å²) in [6.45, 7) is 0. The fraction of sp³-hybridized carbons (Fsp3) is 0. The lowest BCUT2D eigenvalue weighted by molar-refractivity contribution is 1.16. The maximum Gasteiger partial charge on any atom is 0.0724 e. The van der Waals surface area contributed by atoms with E-state index >= 15 is 0 Å². The number of pyridine rings is 1. The Morgan fingerprint density at radius 2 is 1.08 bits per heavy atom. The first kappa shape index (κ1) is 25.7. The number of para-hydroxylation sites is 2. The molecule has 11 rings (SSSR count). The first-order chi connectivity index (χ1) is 23.8. The molecule has 48 heavy (non-hydrogen) atoms. The molecule has 0 radical (unpaired) electrons. The topological polar surface area (TPSA) is 22.8 Å². The van der Waals surface area contributed by atoms with E-state index in [4.69, 9.17) is 0 Å². The van der Waals surface area contributed by atoms with Gasteiger partial charge in [-0.1, -0.05) is 103 Å². The molecule has 0 atom stereocenters. The maximum absolute atomic E-state index is 4.64. The second-order valence-electron chi connectivity index (χ2n) is 12.8. The summed E-state index contributed by atoms with van der Waals surface area (Å²) in [4.78, 5) is 4.64. The first-order valence-corrected chi connectivity index (χ1v) is 16.5. The molecular formula is C45H27N3. The van der Waals surface area contributed by atoms with E-state index in [2.05, 4.69) is 166 Å². The molecule has 11 aromatic rings. The van der Waals surface area contributed by atoms with Crippen LogP contribution in [-0.2, 0) is 0 Å². The van der Waals surface area contributed by atoms with Gasteiger partial charge in [-0.25, -0.2) is 0 Å². The van der Waals surface area contributed by atoms with Gasteiger partial charge in [0.25, 0.3) is 0 Å². The molecule has 3 heteroatoms. The molecule has 0 aliphatic carbocycles. The Morgan fingerprint density at radius 3 is 1.98 bits per heavy atom. The van der Waals surface area contributed by atoms with Crippen molar-refractivity contribution in [3.8, 4) is 22.5 Å². The third-order valence-corrected chi connectivity index (χ3v) is 10.3. The quantitative estimate of drug-likeness (QED) is 0.183. The molecule has 0 saturated carbocycles. The minimum absolute atomic E-state index is 1.11. The molecule has 0 bridgehead atoms. The molecule has 0 aliphatic rings. The average Bonchev–Trinajstić information content (AvgIpc) is 3.66. The normalized spacial score (nSPS) is 12.2. The molecule has 0 saturated heterocycles. The Kier molecular flexibility index (Phi) is 5.11. The van der Waals surface area contributed by atoms with Crippen molar-refractivity contribution in [2.45, 2.75) is 0 Å². The molecule has 3 heterocycles. The van der Waals surface area contributed by atoms with Crippen molar-refractivity contribution >= 4 is 75.9 Å². The van der Waals surface area contributed by atoms with E-state index in [0.29, 0.717) is 0 Å². The molecular weight excluding hydrogens is 583 g/mol. The molecule has 0 N–H and O–H groups in total. The number of benzene rings is 8. The smallest absolute Gasteiger partial charge is 0.0724 e. The van der Waals surface area contributed by atoms with Crippen molar-refractivity contribution in [3.63, 3.8) is 0 Å². The van der Waals surface area contributed by atoms with E-state index in [0.717, 1.165) is 16.9 Å². The lowest BCUT2D eigenvalue weighted by atomic mass is 9.88. The predicted octanol–water partition coefficient (Wildman–Crippen LogP) is 11.8. The lowest BCUT2D eigenvalue weighted by Crippen LogP contribution is -1.96. The zero-order chi connectivity index (χ0) is 31.3. The van der Waals surface area contributed by atoms with Gasteiger partial charge in [0.05, 0.1) is 28.3 Å². The Morgan fingerprint density at radius 1 is 0.375 bits per heavy atom. The summed E-state index contributed by atoms with van der Waals surface area (Å²) < 4.78 is 4.78. The molecule has 0 unspecified atom stereocenters. The highest BCUT2D eigenvalue weighted by molar-refractivity contribution is 6.34. The average molecular weight is 610 g/mol. The van der Waals surface area contributed by atoms with Gasteiger partial charge in [0, 0.05) is 39.1 Å². The highest BCUT2D eigenvalue weighted by atomic mass is 15.0. The van der Waals surface area contributed by atoms with Gasteiger partial charge in [-0.3, -0.25) is 4.98 Å². The van der Waals surface area contributed by atoms with Crippen molar-refractivity contribution in [3.05, 3.63) is 164 Å². The van der Waals surface area contributed by atoms with Gasteiger partial charge in [0.15, 0.2) is 0 Å². The van der Waals surface area contributed by atoms with Crippen LogP contribution in [0.1, 0.15) is 0 Å². The summed E-state index contributed by atoms with van der Waals surface area (Å²) in [5.41, 5.74) is 9.51. The molecule has 8 aromatic carbocycles. The van der Waals surface area contributed by atoms with Crippen molar-refractivity contribution in [1.82, 2.24) is 14.1 Å². The number of hydrogen-bond acceptors (Lipinski definition) is 1. The largest absolute Gasteiger partial charge is 0.309 e. The van der Waals surface area contributed by atoms with Gasteiger partial charge in [0.1, 0.15) is 0 Å². The van der Waals surface area contributed by atoms with E-state index in [1.54, 1.807) is 0 Å². The SMILES string of the molecule is c1ccc(-c2ccc3ccc4c5c(ccc2c35)cc2c4c3ccncc3n2-c2ccc3c(c2)c2ccccc2n3-c2ccccc2)cc1. The summed E-state index contributed by atoms with van der Waals surface area (Å²) >= 11 is 0. The Labute approximate surface area is 275 Å². The van der Waals surface area contributed by atoms with Crippen LogP contribution in [0.5, 0.6) is 0 Å². The molecule has 3 aromatic heterocycles. The second kappa shape index (κ2) is 9.54. The van der Waals surface area contributed by atoms with Crippen LogP contribution in [0, 0.1) is 0 Å².